The van der Waals surface area contributed by atoms with Crippen LogP contribution in [-0.4, -0.2) is 34.6 Å². The molecule has 0 radical (unpaired) electrons. The third-order valence-corrected chi connectivity index (χ3v) is 3.86. The number of hydrogen-bond donors (Lipinski definition) is 3. The first kappa shape index (κ1) is 12.2. The fourth-order valence-electron chi connectivity index (χ4n) is 2.76. The maximum absolute atomic E-state index is 11.8. The molecule has 1 aromatic rings. The minimum absolute atomic E-state index is 0.0269. The number of carbonyl (C=O) groups excluding carboxylic acids is 1. The summed E-state index contributed by atoms with van der Waals surface area (Å²) in [5, 5.41) is 2.91. The second-order valence-corrected chi connectivity index (χ2v) is 5.05. The standard InChI is InChI=1S/C12H15N3O4/c16-10(3-6-5-13-12(18)15-11(6)17)14-8-4-9-7(8)1-2-19-9/h5,7-9H,1-4H2,(H,14,16)(H2,13,15,17,18)/t7-,8+,9+/m0/s1. The van der Waals surface area contributed by atoms with Crippen LogP contribution in [0.15, 0.2) is 15.8 Å². The fraction of sp³-hybridized carbons (Fsp3) is 0.583. The summed E-state index contributed by atoms with van der Waals surface area (Å²) in [4.78, 5) is 38.6. The lowest BCUT2D eigenvalue weighted by Crippen LogP contribution is -2.53. The first-order valence-corrected chi connectivity index (χ1v) is 6.35. The summed E-state index contributed by atoms with van der Waals surface area (Å²) in [6, 6.07) is 0.154. The van der Waals surface area contributed by atoms with Crippen LogP contribution in [0, 0.1) is 5.92 Å². The van der Waals surface area contributed by atoms with Gasteiger partial charge in [0.05, 0.1) is 12.5 Å². The fourth-order valence-corrected chi connectivity index (χ4v) is 2.76. The average Bonchev–Trinajstić information content (AvgIpc) is 2.71. The van der Waals surface area contributed by atoms with Gasteiger partial charge in [-0.3, -0.25) is 14.6 Å². The SMILES string of the molecule is O=C(Cc1c[nH]c(=O)[nH]c1=O)N[C@@H]1C[C@H]2OCC[C@@H]12. The number of H-pyrrole nitrogens is 2. The van der Waals surface area contributed by atoms with E-state index in [-0.39, 0.29) is 23.9 Å². The van der Waals surface area contributed by atoms with Crippen LogP contribution < -0.4 is 16.6 Å². The van der Waals surface area contributed by atoms with E-state index in [2.05, 4.69) is 15.3 Å². The Bertz CT molecular complexity index is 605. The molecule has 19 heavy (non-hydrogen) atoms. The van der Waals surface area contributed by atoms with Crippen LogP contribution in [0.25, 0.3) is 0 Å². The summed E-state index contributed by atoms with van der Waals surface area (Å²) in [5.41, 5.74) is -0.829. The molecule has 1 aliphatic carbocycles. The largest absolute Gasteiger partial charge is 0.378 e. The molecule has 0 unspecified atom stereocenters. The van der Waals surface area contributed by atoms with Gasteiger partial charge in [0, 0.05) is 30.3 Å². The minimum atomic E-state index is -0.570. The molecule has 2 fully saturated rings. The molecule has 0 spiro atoms. The van der Waals surface area contributed by atoms with Gasteiger partial charge in [0.25, 0.3) is 5.56 Å². The molecule has 3 rings (SSSR count). The van der Waals surface area contributed by atoms with Crippen molar-refractivity contribution in [2.45, 2.75) is 31.4 Å². The van der Waals surface area contributed by atoms with Crippen molar-refractivity contribution in [3.05, 3.63) is 32.6 Å². The smallest absolute Gasteiger partial charge is 0.325 e. The summed E-state index contributed by atoms with van der Waals surface area (Å²) >= 11 is 0. The number of fused-ring (bicyclic) bond motifs is 1. The third kappa shape index (κ3) is 2.33. The molecule has 2 heterocycles. The van der Waals surface area contributed by atoms with Gasteiger partial charge >= 0.3 is 5.69 Å². The van der Waals surface area contributed by atoms with Gasteiger partial charge in [-0.1, -0.05) is 0 Å². The molecule has 1 saturated heterocycles. The van der Waals surface area contributed by atoms with Crippen molar-refractivity contribution >= 4 is 5.91 Å². The Morgan fingerprint density at radius 2 is 2.32 bits per heavy atom. The molecular weight excluding hydrogens is 250 g/mol. The molecule has 2 aliphatic rings. The summed E-state index contributed by atoms with van der Waals surface area (Å²) < 4.78 is 5.47. The van der Waals surface area contributed by atoms with E-state index in [0.717, 1.165) is 19.4 Å². The highest BCUT2D eigenvalue weighted by Gasteiger charge is 2.45. The Morgan fingerprint density at radius 1 is 1.47 bits per heavy atom. The van der Waals surface area contributed by atoms with E-state index >= 15 is 0 Å². The topological polar surface area (TPSA) is 104 Å². The zero-order chi connectivity index (χ0) is 13.4. The molecule has 1 amide bonds. The molecule has 1 aliphatic heterocycles. The quantitative estimate of drug-likeness (QED) is 0.645. The van der Waals surface area contributed by atoms with E-state index in [1.54, 1.807) is 0 Å². The number of amides is 1. The predicted molar refractivity (Wildman–Crippen MR) is 65.8 cm³/mol. The summed E-state index contributed by atoms with van der Waals surface area (Å²) in [6.45, 7) is 0.765. The van der Waals surface area contributed by atoms with Crippen molar-refractivity contribution in [3.63, 3.8) is 0 Å². The molecule has 3 atom stereocenters. The van der Waals surface area contributed by atoms with Crippen molar-refractivity contribution in [1.82, 2.24) is 15.3 Å². The summed E-state index contributed by atoms with van der Waals surface area (Å²) in [6.07, 6.45) is 3.37. The molecule has 0 bridgehead atoms. The van der Waals surface area contributed by atoms with Crippen LogP contribution in [0.1, 0.15) is 18.4 Å². The molecule has 0 aromatic carbocycles. The Labute approximate surface area is 108 Å². The van der Waals surface area contributed by atoms with E-state index in [1.165, 1.54) is 6.20 Å². The zero-order valence-corrected chi connectivity index (χ0v) is 10.3. The average molecular weight is 265 g/mol. The van der Waals surface area contributed by atoms with E-state index in [4.69, 9.17) is 4.74 Å². The third-order valence-electron chi connectivity index (χ3n) is 3.86. The van der Waals surface area contributed by atoms with E-state index in [9.17, 15) is 14.4 Å². The van der Waals surface area contributed by atoms with Crippen LogP contribution in [0.3, 0.4) is 0 Å². The number of carbonyl (C=O) groups is 1. The van der Waals surface area contributed by atoms with Crippen molar-refractivity contribution < 1.29 is 9.53 Å². The summed E-state index contributed by atoms with van der Waals surface area (Å²) in [5.74, 6) is 0.214. The minimum Gasteiger partial charge on any atom is -0.378 e. The Kier molecular flexibility index (Phi) is 2.98. The molecular formula is C12H15N3O4. The van der Waals surface area contributed by atoms with Crippen LogP contribution in [-0.2, 0) is 16.0 Å². The van der Waals surface area contributed by atoms with E-state index in [1.807, 2.05) is 0 Å². The monoisotopic (exact) mass is 265 g/mol. The van der Waals surface area contributed by atoms with E-state index < -0.39 is 11.2 Å². The predicted octanol–water partition coefficient (Wildman–Crippen LogP) is -1.10. The van der Waals surface area contributed by atoms with Crippen molar-refractivity contribution in [2.24, 2.45) is 5.92 Å². The first-order chi connectivity index (χ1) is 9.13. The Morgan fingerprint density at radius 3 is 3.05 bits per heavy atom. The van der Waals surface area contributed by atoms with Crippen LogP contribution >= 0.6 is 0 Å². The van der Waals surface area contributed by atoms with Crippen LogP contribution in [0.2, 0.25) is 0 Å². The highest BCUT2D eigenvalue weighted by atomic mass is 16.5. The van der Waals surface area contributed by atoms with Crippen molar-refractivity contribution in [3.8, 4) is 0 Å². The normalized spacial score (nSPS) is 28.5. The number of aromatic amines is 2. The van der Waals surface area contributed by atoms with Gasteiger partial charge in [0.1, 0.15) is 0 Å². The highest BCUT2D eigenvalue weighted by molar-refractivity contribution is 5.78. The van der Waals surface area contributed by atoms with Gasteiger partial charge in [-0.25, -0.2) is 4.79 Å². The van der Waals surface area contributed by atoms with E-state index in [0.29, 0.717) is 12.0 Å². The maximum atomic E-state index is 11.8. The lowest BCUT2D eigenvalue weighted by Gasteiger charge is -2.39. The molecule has 1 saturated carbocycles. The highest BCUT2D eigenvalue weighted by Crippen LogP contribution is 2.38. The number of aromatic nitrogens is 2. The van der Waals surface area contributed by atoms with Crippen LogP contribution in [0.5, 0.6) is 0 Å². The Balaban J connectivity index is 1.59. The van der Waals surface area contributed by atoms with Gasteiger partial charge in [0.15, 0.2) is 0 Å². The molecule has 7 nitrogen and oxygen atoms in total. The number of hydrogen-bond acceptors (Lipinski definition) is 4. The second-order valence-electron chi connectivity index (χ2n) is 5.05. The zero-order valence-electron chi connectivity index (χ0n) is 10.3. The molecule has 7 heteroatoms. The first-order valence-electron chi connectivity index (χ1n) is 6.35. The van der Waals surface area contributed by atoms with Gasteiger partial charge in [-0.05, 0) is 12.8 Å². The molecule has 3 N–H and O–H groups in total. The Hall–Kier alpha value is -1.89. The summed E-state index contributed by atoms with van der Waals surface area (Å²) in [7, 11) is 0. The molecule has 1 aromatic heterocycles. The van der Waals surface area contributed by atoms with Gasteiger partial charge in [0.2, 0.25) is 5.91 Å². The lowest BCUT2D eigenvalue weighted by atomic mass is 9.76. The number of ether oxygens (including phenoxy) is 1. The van der Waals surface area contributed by atoms with Gasteiger partial charge in [-0.2, -0.15) is 0 Å². The molecule has 102 valence electrons. The number of rotatable bonds is 3. The van der Waals surface area contributed by atoms with Gasteiger partial charge in [-0.15, -0.1) is 0 Å². The lowest BCUT2D eigenvalue weighted by molar-refractivity contribution is -0.123. The number of nitrogens with one attached hydrogen (secondary N) is 3. The maximum Gasteiger partial charge on any atom is 0.325 e. The van der Waals surface area contributed by atoms with Crippen LogP contribution in [0.4, 0.5) is 0 Å². The van der Waals surface area contributed by atoms with Gasteiger partial charge < -0.3 is 15.0 Å². The van der Waals surface area contributed by atoms with Crippen molar-refractivity contribution in [1.29, 1.82) is 0 Å². The van der Waals surface area contributed by atoms with Crippen molar-refractivity contribution in [2.75, 3.05) is 6.61 Å². The second kappa shape index (κ2) is 4.65.